The Morgan fingerprint density at radius 3 is 2.56 bits per heavy atom. The molecular weight excluding hydrogens is 224 g/mol. The van der Waals surface area contributed by atoms with Crippen LogP contribution in [0.3, 0.4) is 0 Å². The lowest BCUT2D eigenvalue weighted by Gasteiger charge is -2.42. The van der Waals surface area contributed by atoms with Gasteiger partial charge in [0, 0.05) is 32.3 Å². The van der Waals surface area contributed by atoms with Gasteiger partial charge >= 0.3 is 0 Å². The summed E-state index contributed by atoms with van der Waals surface area (Å²) < 4.78 is 0. The third-order valence-corrected chi connectivity index (χ3v) is 3.86. The lowest BCUT2D eigenvalue weighted by atomic mass is 9.87. The molecule has 1 rings (SSSR count). The number of hydrogen-bond acceptors (Lipinski definition) is 3. The smallest absolute Gasteiger partial charge is 0.0443 e. The fourth-order valence-corrected chi connectivity index (χ4v) is 2.63. The first kappa shape index (κ1) is 15.9. The molecule has 0 atom stereocenters. The van der Waals surface area contributed by atoms with Gasteiger partial charge in [-0.15, -0.1) is 0 Å². The van der Waals surface area contributed by atoms with Crippen molar-refractivity contribution in [3.8, 4) is 0 Å². The molecule has 0 aromatic heterocycles. The van der Waals surface area contributed by atoms with Crippen molar-refractivity contribution in [2.45, 2.75) is 58.9 Å². The molecule has 1 saturated carbocycles. The van der Waals surface area contributed by atoms with E-state index in [-0.39, 0.29) is 0 Å². The minimum Gasteiger partial charge on any atom is -0.396 e. The topological polar surface area (TPSA) is 35.5 Å². The van der Waals surface area contributed by atoms with Crippen molar-refractivity contribution in [1.29, 1.82) is 0 Å². The van der Waals surface area contributed by atoms with E-state index in [1.165, 1.54) is 25.7 Å². The van der Waals surface area contributed by atoms with Crippen LogP contribution in [-0.4, -0.2) is 48.8 Å². The highest BCUT2D eigenvalue weighted by atomic mass is 16.3. The Labute approximate surface area is 113 Å². The van der Waals surface area contributed by atoms with Gasteiger partial charge in [0.2, 0.25) is 0 Å². The Kier molecular flexibility index (Phi) is 7.20. The molecule has 0 spiro atoms. The first-order valence-electron chi connectivity index (χ1n) is 7.64. The van der Waals surface area contributed by atoms with Crippen LogP contribution < -0.4 is 5.32 Å². The molecule has 3 heteroatoms. The Morgan fingerprint density at radius 2 is 2.06 bits per heavy atom. The van der Waals surface area contributed by atoms with Gasteiger partial charge in [0.1, 0.15) is 0 Å². The number of rotatable bonds is 10. The highest BCUT2D eigenvalue weighted by Crippen LogP contribution is 2.28. The number of hydrogen-bond donors (Lipinski definition) is 2. The quantitative estimate of drug-likeness (QED) is 0.589. The van der Waals surface area contributed by atoms with Crippen LogP contribution in [0.25, 0.3) is 0 Å². The summed E-state index contributed by atoms with van der Waals surface area (Å²) in [5.74, 6) is 0. The average Bonchev–Trinajstić information content (AvgIpc) is 2.23. The van der Waals surface area contributed by atoms with Gasteiger partial charge in [-0.2, -0.15) is 0 Å². The fourth-order valence-electron chi connectivity index (χ4n) is 2.63. The molecular formula is C15H32N2O. The summed E-state index contributed by atoms with van der Waals surface area (Å²) in [6, 6.07) is 0.780. The summed E-state index contributed by atoms with van der Waals surface area (Å²) in [5, 5.41) is 12.6. The highest BCUT2D eigenvalue weighted by Gasteiger charge is 2.29. The van der Waals surface area contributed by atoms with E-state index in [1.807, 2.05) is 0 Å². The van der Waals surface area contributed by atoms with Gasteiger partial charge in [-0.1, -0.05) is 27.2 Å². The minimum atomic E-state index is 0.317. The standard InChI is InChI=1S/C15H32N2O/c1-4-9-16-12-15(2,3)13-17(10-6-11-18)14-7-5-8-14/h14,16,18H,4-13H2,1-3H3. The predicted molar refractivity (Wildman–Crippen MR) is 77.9 cm³/mol. The number of aliphatic hydroxyl groups excluding tert-OH is 1. The first-order valence-corrected chi connectivity index (χ1v) is 7.64. The van der Waals surface area contributed by atoms with E-state index in [9.17, 15) is 0 Å². The van der Waals surface area contributed by atoms with E-state index >= 15 is 0 Å². The van der Waals surface area contributed by atoms with E-state index in [1.54, 1.807) is 0 Å². The second kappa shape index (κ2) is 8.13. The monoisotopic (exact) mass is 256 g/mol. The van der Waals surface area contributed by atoms with Crippen LogP contribution in [0.5, 0.6) is 0 Å². The molecule has 0 unspecified atom stereocenters. The normalized spacial score (nSPS) is 17.2. The van der Waals surface area contributed by atoms with Gasteiger partial charge in [0.05, 0.1) is 0 Å². The second-order valence-corrected chi connectivity index (χ2v) is 6.47. The van der Waals surface area contributed by atoms with Crippen LogP contribution in [0, 0.1) is 5.41 Å². The summed E-state index contributed by atoms with van der Waals surface area (Å²) in [6.07, 6.45) is 6.20. The zero-order chi connectivity index (χ0) is 13.4. The van der Waals surface area contributed by atoms with Gasteiger partial charge in [-0.3, -0.25) is 4.90 Å². The molecule has 0 aromatic rings. The summed E-state index contributed by atoms with van der Waals surface area (Å²) in [7, 11) is 0. The molecule has 0 saturated heterocycles. The van der Waals surface area contributed by atoms with Gasteiger partial charge in [-0.05, 0) is 37.6 Å². The van der Waals surface area contributed by atoms with Gasteiger partial charge in [0.25, 0.3) is 0 Å². The molecule has 0 radical (unpaired) electrons. The van der Waals surface area contributed by atoms with E-state index < -0.39 is 0 Å². The van der Waals surface area contributed by atoms with E-state index in [0.29, 0.717) is 12.0 Å². The molecule has 1 fully saturated rings. The molecule has 108 valence electrons. The van der Waals surface area contributed by atoms with Gasteiger partial charge in [-0.25, -0.2) is 0 Å². The Bertz CT molecular complexity index is 215. The van der Waals surface area contributed by atoms with Crippen molar-refractivity contribution in [3.05, 3.63) is 0 Å². The maximum atomic E-state index is 9.02. The van der Waals surface area contributed by atoms with Crippen LogP contribution >= 0.6 is 0 Å². The molecule has 3 nitrogen and oxygen atoms in total. The molecule has 2 N–H and O–H groups in total. The second-order valence-electron chi connectivity index (χ2n) is 6.47. The zero-order valence-corrected chi connectivity index (χ0v) is 12.5. The van der Waals surface area contributed by atoms with Crippen LogP contribution in [0.15, 0.2) is 0 Å². The molecule has 0 aromatic carbocycles. The first-order chi connectivity index (χ1) is 8.59. The molecule has 1 aliphatic carbocycles. The third kappa shape index (κ3) is 5.68. The SMILES string of the molecule is CCCNCC(C)(C)CN(CCCO)C1CCC1. The maximum Gasteiger partial charge on any atom is 0.0443 e. The third-order valence-electron chi connectivity index (χ3n) is 3.86. The van der Waals surface area contributed by atoms with Crippen molar-refractivity contribution >= 4 is 0 Å². The van der Waals surface area contributed by atoms with E-state index in [4.69, 9.17) is 5.11 Å². The summed E-state index contributed by atoms with van der Waals surface area (Å²) in [5.41, 5.74) is 0.320. The number of nitrogens with one attached hydrogen (secondary N) is 1. The maximum absolute atomic E-state index is 9.02. The zero-order valence-electron chi connectivity index (χ0n) is 12.5. The van der Waals surface area contributed by atoms with E-state index in [2.05, 4.69) is 31.0 Å². The van der Waals surface area contributed by atoms with Crippen LogP contribution in [0.1, 0.15) is 52.9 Å². The van der Waals surface area contributed by atoms with Crippen molar-refractivity contribution in [2.24, 2.45) is 5.41 Å². The van der Waals surface area contributed by atoms with Crippen LogP contribution in [0.4, 0.5) is 0 Å². The van der Waals surface area contributed by atoms with Gasteiger partial charge in [0.15, 0.2) is 0 Å². The molecule has 18 heavy (non-hydrogen) atoms. The van der Waals surface area contributed by atoms with E-state index in [0.717, 1.165) is 38.6 Å². The average molecular weight is 256 g/mol. The minimum absolute atomic E-state index is 0.317. The Morgan fingerprint density at radius 1 is 1.33 bits per heavy atom. The van der Waals surface area contributed by atoms with Crippen molar-refractivity contribution in [1.82, 2.24) is 10.2 Å². The van der Waals surface area contributed by atoms with Crippen LogP contribution in [-0.2, 0) is 0 Å². The largest absolute Gasteiger partial charge is 0.396 e. The molecule has 1 aliphatic rings. The Hall–Kier alpha value is -0.120. The number of nitrogens with zero attached hydrogens (tertiary/aromatic N) is 1. The number of aliphatic hydroxyl groups is 1. The summed E-state index contributed by atoms with van der Waals surface area (Å²) in [4.78, 5) is 2.60. The molecule has 0 amide bonds. The summed E-state index contributed by atoms with van der Waals surface area (Å²) >= 11 is 0. The van der Waals surface area contributed by atoms with Crippen molar-refractivity contribution in [3.63, 3.8) is 0 Å². The fraction of sp³-hybridized carbons (Fsp3) is 1.00. The predicted octanol–water partition coefficient (Wildman–Crippen LogP) is 2.25. The lowest BCUT2D eigenvalue weighted by molar-refractivity contribution is 0.0748. The molecule has 0 bridgehead atoms. The highest BCUT2D eigenvalue weighted by molar-refractivity contribution is 4.85. The van der Waals surface area contributed by atoms with Crippen LogP contribution in [0.2, 0.25) is 0 Å². The van der Waals surface area contributed by atoms with Crippen molar-refractivity contribution in [2.75, 3.05) is 32.8 Å². The molecule has 0 heterocycles. The van der Waals surface area contributed by atoms with Gasteiger partial charge < -0.3 is 10.4 Å². The lowest BCUT2D eigenvalue weighted by Crippen LogP contribution is -2.48. The molecule has 0 aliphatic heterocycles. The van der Waals surface area contributed by atoms with Crippen molar-refractivity contribution < 1.29 is 5.11 Å². The Balaban J connectivity index is 2.36. The summed E-state index contributed by atoms with van der Waals surface area (Å²) in [6.45, 7) is 11.6.